The number of hydrogen-bond acceptors (Lipinski definition) is 3. The van der Waals surface area contributed by atoms with E-state index < -0.39 is 18.2 Å². The Morgan fingerprint density at radius 3 is 2.65 bits per heavy atom. The maximum absolute atomic E-state index is 12.7. The first kappa shape index (κ1) is 13.1. The highest BCUT2D eigenvalue weighted by Crippen LogP contribution is 2.34. The van der Waals surface area contributed by atoms with E-state index in [2.05, 4.69) is 0 Å². The van der Waals surface area contributed by atoms with Gasteiger partial charge in [-0.25, -0.2) is 0 Å². The molecule has 0 aromatic heterocycles. The molecule has 2 heterocycles. The summed E-state index contributed by atoms with van der Waals surface area (Å²) in [7, 11) is 0. The van der Waals surface area contributed by atoms with E-state index in [0.29, 0.717) is 32.6 Å². The highest BCUT2D eigenvalue weighted by molar-refractivity contribution is 4.87. The van der Waals surface area contributed by atoms with E-state index in [1.165, 1.54) is 0 Å². The molecule has 1 N–H and O–H groups in total. The number of nitrogens with zero attached hydrogens (tertiary/aromatic N) is 1. The number of likely N-dealkylation sites (tertiary alicyclic amines) is 1. The number of aliphatic hydroxyl groups is 1. The lowest BCUT2D eigenvalue weighted by Gasteiger charge is -2.42. The number of piperidine rings is 1. The summed E-state index contributed by atoms with van der Waals surface area (Å²) in [5.74, 6) is -1.26. The standard InChI is InChI=1S/C11H18F3NO2/c12-11(13,14)8-2-1-4-15(6-8)9-7-17-5-3-10(9)16/h8-10,16H,1-7H2. The molecule has 3 atom stereocenters. The van der Waals surface area contributed by atoms with Gasteiger partial charge < -0.3 is 9.84 Å². The molecule has 2 saturated heterocycles. The first-order valence-electron chi connectivity index (χ1n) is 6.05. The van der Waals surface area contributed by atoms with Crippen molar-refractivity contribution in [2.24, 2.45) is 5.92 Å². The maximum Gasteiger partial charge on any atom is 0.393 e. The predicted molar refractivity (Wildman–Crippen MR) is 55.6 cm³/mol. The zero-order chi connectivity index (χ0) is 12.5. The van der Waals surface area contributed by atoms with Crippen molar-refractivity contribution in [2.45, 2.75) is 37.6 Å². The van der Waals surface area contributed by atoms with Gasteiger partial charge in [-0.1, -0.05) is 0 Å². The molecule has 2 aliphatic heterocycles. The minimum absolute atomic E-state index is 0.00537. The molecular weight excluding hydrogens is 235 g/mol. The third-order valence-corrected chi connectivity index (χ3v) is 3.68. The first-order valence-corrected chi connectivity index (χ1v) is 6.05. The largest absolute Gasteiger partial charge is 0.393 e. The van der Waals surface area contributed by atoms with Crippen LogP contribution in [-0.2, 0) is 4.74 Å². The molecule has 17 heavy (non-hydrogen) atoms. The molecule has 0 bridgehead atoms. The molecule has 100 valence electrons. The average Bonchev–Trinajstić information content (AvgIpc) is 2.29. The number of ether oxygens (including phenoxy) is 1. The van der Waals surface area contributed by atoms with Crippen LogP contribution >= 0.6 is 0 Å². The van der Waals surface area contributed by atoms with Gasteiger partial charge in [0.05, 0.1) is 24.7 Å². The lowest BCUT2D eigenvalue weighted by Crippen LogP contribution is -2.54. The van der Waals surface area contributed by atoms with Gasteiger partial charge in [-0.15, -0.1) is 0 Å². The van der Waals surface area contributed by atoms with Gasteiger partial charge >= 0.3 is 6.18 Å². The van der Waals surface area contributed by atoms with Gasteiger partial charge in [0, 0.05) is 13.2 Å². The summed E-state index contributed by atoms with van der Waals surface area (Å²) in [6.07, 6.45) is -3.44. The molecule has 0 aromatic rings. The van der Waals surface area contributed by atoms with Crippen LogP contribution in [0.25, 0.3) is 0 Å². The highest BCUT2D eigenvalue weighted by atomic mass is 19.4. The van der Waals surface area contributed by atoms with Crippen LogP contribution < -0.4 is 0 Å². The van der Waals surface area contributed by atoms with Crippen LogP contribution in [0.5, 0.6) is 0 Å². The summed E-state index contributed by atoms with van der Waals surface area (Å²) in [5.41, 5.74) is 0. The molecule has 2 aliphatic rings. The van der Waals surface area contributed by atoms with Gasteiger partial charge in [0.15, 0.2) is 0 Å². The average molecular weight is 253 g/mol. The second-order valence-corrected chi connectivity index (χ2v) is 4.87. The summed E-state index contributed by atoms with van der Waals surface area (Å²) in [4.78, 5) is 1.74. The maximum atomic E-state index is 12.7. The molecule has 0 spiro atoms. The SMILES string of the molecule is OC1CCOCC1N1CCCC(C(F)(F)F)C1. The van der Waals surface area contributed by atoms with Crippen LogP contribution in [0, 0.1) is 5.92 Å². The van der Waals surface area contributed by atoms with Crippen LogP contribution in [0.1, 0.15) is 19.3 Å². The Balaban J connectivity index is 1.96. The molecule has 3 nitrogen and oxygen atoms in total. The van der Waals surface area contributed by atoms with Crippen LogP contribution in [0.4, 0.5) is 13.2 Å². The van der Waals surface area contributed by atoms with Gasteiger partial charge in [-0.2, -0.15) is 13.2 Å². The lowest BCUT2D eigenvalue weighted by molar-refractivity contribution is -0.193. The number of hydrogen-bond donors (Lipinski definition) is 1. The van der Waals surface area contributed by atoms with Gasteiger partial charge in [-0.05, 0) is 25.8 Å². The quantitative estimate of drug-likeness (QED) is 0.767. The Hall–Kier alpha value is -0.330. The van der Waals surface area contributed by atoms with E-state index in [9.17, 15) is 18.3 Å². The second kappa shape index (κ2) is 5.12. The van der Waals surface area contributed by atoms with Crippen molar-refractivity contribution < 1.29 is 23.0 Å². The van der Waals surface area contributed by atoms with Crippen LogP contribution in [0.15, 0.2) is 0 Å². The van der Waals surface area contributed by atoms with E-state index in [4.69, 9.17) is 4.74 Å². The Morgan fingerprint density at radius 1 is 1.24 bits per heavy atom. The number of rotatable bonds is 1. The molecular formula is C11H18F3NO2. The van der Waals surface area contributed by atoms with E-state index in [0.717, 1.165) is 0 Å². The highest BCUT2D eigenvalue weighted by Gasteiger charge is 2.44. The van der Waals surface area contributed by atoms with Gasteiger partial charge in [0.2, 0.25) is 0 Å². The summed E-state index contributed by atoms with van der Waals surface area (Å²) in [6.45, 7) is 1.45. The first-order chi connectivity index (χ1) is 7.98. The van der Waals surface area contributed by atoms with Gasteiger partial charge in [0.25, 0.3) is 0 Å². The topological polar surface area (TPSA) is 32.7 Å². The molecule has 3 unspecified atom stereocenters. The van der Waals surface area contributed by atoms with Crippen molar-refractivity contribution in [3.05, 3.63) is 0 Å². The van der Waals surface area contributed by atoms with E-state index in [-0.39, 0.29) is 19.0 Å². The fourth-order valence-corrected chi connectivity index (χ4v) is 2.64. The molecule has 0 saturated carbocycles. The fourth-order valence-electron chi connectivity index (χ4n) is 2.64. The lowest BCUT2D eigenvalue weighted by atomic mass is 9.94. The van der Waals surface area contributed by atoms with Gasteiger partial charge in [0.1, 0.15) is 0 Å². The smallest absolute Gasteiger partial charge is 0.391 e. The van der Waals surface area contributed by atoms with Crippen LogP contribution in [-0.4, -0.2) is 54.6 Å². The van der Waals surface area contributed by atoms with Crippen LogP contribution in [0.3, 0.4) is 0 Å². The molecule has 6 heteroatoms. The monoisotopic (exact) mass is 253 g/mol. The van der Waals surface area contributed by atoms with Crippen molar-refractivity contribution in [3.63, 3.8) is 0 Å². The normalized spacial score (nSPS) is 37.1. The predicted octanol–water partition coefficient (Wildman–Crippen LogP) is 1.41. The summed E-state index contributed by atoms with van der Waals surface area (Å²) < 4.78 is 43.2. The third-order valence-electron chi connectivity index (χ3n) is 3.68. The molecule has 0 radical (unpaired) electrons. The molecule has 0 amide bonds. The van der Waals surface area contributed by atoms with Crippen molar-refractivity contribution in [1.82, 2.24) is 4.90 Å². The Labute approximate surface area is 98.5 Å². The van der Waals surface area contributed by atoms with Gasteiger partial charge in [-0.3, -0.25) is 4.90 Å². The van der Waals surface area contributed by atoms with Crippen LogP contribution in [0.2, 0.25) is 0 Å². The van der Waals surface area contributed by atoms with Crippen molar-refractivity contribution in [1.29, 1.82) is 0 Å². The Bertz CT molecular complexity index is 260. The molecule has 0 aliphatic carbocycles. The summed E-state index contributed by atoms with van der Waals surface area (Å²) in [5, 5.41) is 9.81. The minimum atomic E-state index is -4.13. The van der Waals surface area contributed by atoms with Crippen molar-refractivity contribution >= 4 is 0 Å². The van der Waals surface area contributed by atoms with E-state index >= 15 is 0 Å². The number of halogens is 3. The fraction of sp³-hybridized carbons (Fsp3) is 1.00. The second-order valence-electron chi connectivity index (χ2n) is 4.87. The number of alkyl halides is 3. The third kappa shape index (κ3) is 3.11. The summed E-state index contributed by atoms with van der Waals surface area (Å²) in [6, 6.07) is -0.270. The zero-order valence-electron chi connectivity index (χ0n) is 9.62. The summed E-state index contributed by atoms with van der Waals surface area (Å²) >= 11 is 0. The minimum Gasteiger partial charge on any atom is -0.391 e. The molecule has 2 rings (SSSR count). The number of aliphatic hydroxyl groups excluding tert-OH is 1. The Kier molecular flexibility index (Phi) is 3.95. The van der Waals surface area contributed by atoms with E-state index in [1.54, 1.807) is 4.90 Å². The molecule has 2 fully saturated rings. The molecule has 0 aromatic carbocycles. The Morgan fingerprint density at radius 2 is 2.00 bits per heavy atom. The van der Waals surface area contributed by atoms with Crippen molar-refractivity contribution in [3.8, 4) is 0 Å². The van der Waals surface area contributed by atoms with Crippen molar-refractivity contribution in [2.75, 3.05) is 26.3 Å². The zero-order valence-corrected chi connectivity index (χ0v) is 9.62. The van der Waals surface area contributed by atoms with E-state index in [1.807, 2.05) is 0 Å².